The molecule has 0 aromatic carbocycles. The number of rotatable bonds is 8. The molecule has 0 bridgehead atoms. The van der Waals surface area contributed by atoms with Crippen molar-refractivity contribution in [1.29, 1.82) is 0 Å². The Morgan fingerprint density at radius 3 is 2.40 bits per heavy atom. The molecule has 0 N–H and O–H groups in total. The highest BCUT2D eigenvalue weighted by Crippen LogP contribution is 2.18. The minimum atomic E-state index is -2.66. The molecule has 15 heavy (non-hydrogen) atoms. The maximum absolute atomic E-state index is 5.63. The average Bonchev–Trinajstić information content (AvgIpc) is 3.06. The van der Waals surface area contributed by atoms with Gasteiger partial charge in [0.15, 0.2) is 0 Å². The Bertz CT molecular complexity index is 181. The summed E-state index contributed by atoms with van der Waals surface area (Å²) in [6, 6.07) is 0. The lowest BCUT2D eigenvalue weighted by Crippen LogP contribution is -2.55. The van der Waals surface area contributed by atoms with E-state index < -0.39 is 8.80 Å². The smallest absolute Gasteiger partial charge is 0.375 e. The zero-order chi connectivity index (χ0) is 11.3. The van der Waals surface area contributed by atoms with Gasteiger partial charge in [-0.05, 0) is 13.8 Å². The van der Waals surface area contributed by atoms with Crippen LogP contribution in [0.3, 0.4) is 0 Å². The van der Waals surface area contributed by atoms with Crippen LogP contribution < -0.4 is 0 Å². The lowest BCUT2D eigenvalue weighted by Gasteiger charge is -2.30. The Hall–Kier alpha value is 0.0169. The minimum Gasteiger partial charge on any atom is -0.375 e. The van der Waals surface area contributed by atoms with Crippen LogP contribution in [0, 0.1) is 0 Å². The predicted molar refractivity (Wildman–Crippen MR) is 56.6 cm³/mol. The quantitative estimate of drug-likeness (QED) is 0.456. The third-order valence-corrected chi connectivity index (χ3v) is 5.34. The highest BCUT2D eigenvalue weighted by Gasteiger charge is 2.47. The molecule has 0 aromatic rings. The average molecular weight is 236 g/mol. The Morgan fingerprint density at radius 1 is 1.40 bits per heavy atom. The van der Waals surface area contributed by atoms with Crippen molar-refractivity contribution in [3.63, 3.8) is 0 Å². The molecule has 1 rings (SSSR count). The highest BCUT2D eigenvalue weighted by molar-refractivity contribution is 6.62. The fourth-order valence-electron chi connectivity index (χ4n) is 1.37. The van der Waals surface area contributed by atoms with Crippen molar-refractivity contribution < 1.29 is 22.8 Å². The van der Waals surface area contributed by atoms with Crippen LogP contribution in [0.15, 0.2) is 0 Å². The van der Waals surface area contributed by atoms with Crippen LogP contribution in [-0.4, -0.2) is 54.7 Å². The summed E-state index contributed by atoms with van der Waals surface area (Å²) in [6.45, 7) is 5.75. The molecule has 1 fully saturated rings. The van der Waals surface area contributed by atoms with E-state index in [4.69, 9.17) is 22.8 Å². The van der Waals surface area contributed by atoms with E-state index >= 15 is 0 Å². The van der Waals surface area contributed by atoms with E-state index in [1.807, 2.05) is 13.8 Å². The molecule has 1 heterocycles. The molecular formula is C9H20O5Si. The number of ether oxygens (including phenoxy) is 2. The van der Waals surface area contributed by atoms with Gasteiger partial charge >= 0.3 is 8.80 Å². The Kier molecular flexibility index (Phi) is 5.17. The summed E-state index contributed by atoms with van der Waals surface area (Å²) in [5.74, 6) is 0. The number of epoxide rings is 1. The van der Waals surface area contributed by atoms with Crippen LogP contribution in [0.5, 0.6) is 0 Å². The largest absolute Gasteiger partial charge is 0.530 e. The SMILES string of the molecule is CCO[Si](OC)(OC)C(C)OCC1CO1. The molecule has 0 amide bonds. The van der Waals surface area contributed by atoms with Gasteiger partial charge < -0.3 is 22.8 Å². The van der Waals surface area contributed by atoms with Crippen LogP contribution in [0.1, 0.15) is 13.8 Å². The second-order valence-corrected chi connectivity index (χ2v) is 6.50. The Balaban J connectivity index is 2.43. The van der Waals surface area contributed by atoms with Crippen molar-refractivity contribution in [1.82, 2.24) is 0 Å². The van der Waals surface area contributed by atoms with Crippen LogP contribution in [0.25, 0.3) is 0 Å². The zero-order valence-corrected chi connectivity index (χ0v) is 10.8. The van der Waals surface area contributed by atoms with Gasteiger partial charge in [0, 0.05) is 20.8 Å². The van der Waals surface area contributed by atoms with Gasteiger partial charge in [-0.2, -0.15) is 0 Å². The molecule has 1 aliphatic rings. The molecule has 0 aliphatic carbocycles. The van der Waals surface area contributed by atoms with Crippen molar-refractivity contribution in [2.75, 3.05) is 34.0 Å². The maximum atomic E-state index is 5.63. The summed E-state index contributed by atoms with van der Waals surface area (Å²) >= 11 is 0. The van der Waals surface area contributed by atoms with E-state index in [1.54, 1.807) is 14.2 Å². The summed E-state index contributed by atoms with van der Waals surface area (Å²) in [7, 11) is 0.529. The topological polar surface area (TPSA) is 49.5 Å². The van der Waals surface area contributed by atoms with Gasteiger partial charge in [-0.25, -0.2) is 0 Å². The van der Waals surface area contributed by atoms with Gasteiger partial charge in [-0.1, -0.05) is 0 Å². The first-order valence-electron chi connectivity index (χ1n) is 5.16. The molecule has 1 saturated heterocycles. The predicted octanol–water partition coefficient (Wildman–Crippen LogP) is 0.598. The summed E-state index contributed by atoms with van der Waals surface area (Å²) in [4.78, 5) is 0. The van der Waals surface area contributed by atoms with Gasteiger partial charge in [0.2, 0.25) is 0 Å². The van der Waals surface area contributed by atoms with Crippen molar-refractivity contribution in [2.45, 2.75) is 25.7 Å². The summed E-state index contributed by atoms with van der Waals surface area (Å²) < 4.78 is 27.0. The van der Waals surface area contributed by atoms with E-state index in [0.717, 1.165) is 6.61 Å². The Morgan fingerprint density at radius 2 is 2.00 bits per heavy atom. The van der Waals surface area contributed by atoms with Gasteiger partial charge in [0.1, 0.15) is 11.8 Å². The molecule has 0 radical (unpaired) electrons. The normalized spacial score (nSPS) is 22.8. The maximum Gasteiger partial charge on any atom is 0.530 e. The second-order valence-electron chi connectivity index (χ2n) is 3.38. The van der Waals surface area contributed by atoms with Crippen molar-refractivity contribution in [3.8, 4) is 0 Å². The van der Waals surface area contributed by atoms with E-state index in [1.165, 1.54) is 0 Å². The van der Waals surface area contributed by atoms with Crippen molar-refractivity contribution >= 4 is 8.80 Å². The zero-order valence-electron chi connectivity index (χ0n) is 9.82. The minimum absolute atomic E-state index is 0.170. The van der Waals surface area contributed by atoms with Crippen LogP contribution in [0.2, 0.25) is 0 Å². The first-order chi connectivity index (χ1) is 7.18. The van der Waals surface area contributed by atoms with Crippen molar-refractivity contribution in [3.05, 3.63) is 0 Å². The van der Waals surface area contributed by atoms with E-state index in [0.29, 0.717) is 13.2 Å². The van der Waals surface area contributed by atoms with E-state index in [-0.39, 0.29) is 11.8 Å². The number of hydrogen-bond donors (Lipinski definition) is 0. The molecule has 6 heteroatoms. The molecule has 2 unspecified atom stereocenters. The second kappa shape index (κ2) is 5.93. The monoisotopic (exact) mass is 236 g/mol. The first kappa shape index (κ1) is 13.1. The lowest BCUT2D eigenvalue weighted by molar-refractivity contribution is 0.00840. The molecule has 1 aliphatic heterocycles. The summed E-state index contributed by atoms with van der Waals surface area (Å²) in [5.41, 5.74) is -0.170. The fraction of sp³-hybridized carbons (Fsp3) is 1.00. The Labute approximate surface area is 92.0 Å². The van der Waals surface area contributed by atoms with Gasteiger partial charge in [0.05, 0.1) is 13.2 Å². The van der Waals surface area contributed by atoms with Gasteiger partial charge in [-0.3, -0.25) is 0 Å². The first-order valence-corrected chi connectivity index (χ1v) is 6.96. The van der Waals surface area contributed by atoms with Crippen LogP contribution >= 0.6 is 0 Å². The molecule has 90 valence electrons. The summed E-state index contributed by atoms with van der Waals surface area (Å²) in [6.07, 6.45) is 0.245. The molecule has 5 nitrogen and oxygen atoms in total. The van der Waals surface area contributed by atoms with Crippen LogP contribution in [0.4, 0.5) is 0 Å². The fourth-order valence-corrected chi connectivity index (χ4v) is 3.37. The summed E-state index contributed by atoms with van der Waals surface area (Å²) in [5, 5.41) is 0. The van der Waals surface area contributed by atoms with Crippen LogP contribution in [-0.2, 0) is 22.8 Å². The van der Waals surface area contributed by atoms with Gasteiger partial charge in [-0.15, -0.1) is 0 Å². The van der Waals surface area contributed by atoms with Gasteiger partial charge in [0.25, 0.3) is 0 Å². The molecule has 2 atom stereocenters. The third-order valence-electron chi connectivity index (χ3n) is 2.35. The third kappa shape index (κ3) is 3.51. The lowest BCUT2D eigenvalue weighted by atomic mass is 10.5. The van der Waals surface area contributed by atoms with Crippen molar-refractivity contribution in [2.24, 2.45) is 0 Å². The standard InChI is InChI=1S/C9H20O5Si/c1-5-14-15(10-3,11-4)8(2)12-6-9-7-13-9/h8-9H,5-7H2,1-4H3. The number of hydrogen-bond acceptors (Lipinski definition) is 5. The van der Waals surface area contributed by atoms with E-state index in [2.05, 4.69) is 0 Å². The molecule has 0 spiro atoms. The molecular weight excluding hydrogens is 216 g/mol. The highest BCUT2D eigenvalue weighted by atomic mass is 28.4. The molecule has 0 saturated carbocycles. The van der Waals surface area contributed by atoms with E-state index in [9.17, 15) is 0 Å². The molecule has 0 aromatic heterocycles.